The minimum absolute atomic E-state index is 0.375. The number of rotatable bonds is 2. The van der Waals surface area contributed by atoms with Crippen LogP contribution in [0.3, 0.4) is 0 Å². The van der Waals surface area contributed by atoms with Crippen LogP contribution in [0.5, 0.6) is 0 Å². The van der Waals surface area contributed by atoms with Crippen LogP contribution < -0.4 is 0 Å². The average Bonchev–Trinajstić information content (AvgIpc) is 2.46. The van der Waals surface area contributed by atoms with E-state index in [0.717, 1.165) is 12.1 Å². The van der Waals surface area contributed by atoms with E-state index < -0.39 is 11.6 Å². The van der Waals surface area contributed by atoms with Gasteiger partial charge in [-0.2, -0.15) is 0 Å². The van der Waals surface area contributed by atoms with Gasteiger partial charge in [-0.1, -0.05) is 25.6 Å². The Morgan fingerprint density at radius 2 is 1.93 bits per heavy atom. The van der Waals surface area contributed by atoms with Crippen molar-refractivity contribution in [1.82, 2.24) is 9.97 Å². The summed E-state index contributed by atoms with van der Waals surface area (Å²) in [7, 11) is 0. The molecule has 2 rings (SSSR count). The molecule has 0 aliphatic rings. The van der Waals surface area contributed by atoms with Crippen molar-refractivity contribution in [1.29, 1.82) is 0 Å². The molecule has 80 valence electrons. The van der Waals surface area contributed by atoms with Gasteiger partial charge in [0.2, 0.25) is 0 Å². The zero-order chi connectivity index (χ0) is 11.0. The number of benzene rings is 1. The fourth-order valence-electron chi connectivity index (χ4n) is 1.26. The summed E-state index contributed by atoms with van der Waals surface area (Å²) in [6, 6.07) is 2.23. The van der Waals surface area contributed by atoms with Gasteiger partial charge in [-0.15, -0.1) is 0 Å². The molecule has 0 spiro atoms. The maximum atomic E-state index is 12.9. The highest BCUT2D eigenvalue weighted by Crippen LogP contribution is 2.24. The normalized spacial score (nSPS) is 11.5. The molecule has 0 aliphatic heterocycles. The Kier molecular flexibility index (Phi) is 2.65. The lowest BCUT2D eigenvalue weighted by Crippen LogP contribution is -1.86. The molecule has 15 heavy (non-hydrogen) atoms. The van der Waals surface area contributed by atoms with Crippen LogP contribution in [0, 0.1) is 11.6 Å². The number of nitrogens with zero attached hydrogens (tertiary/aromatic N) is 1. The number of aromatic nitrogens is 2. The van der Waals surface area contributed by atoms with Crippen LogP contribution in [-0.2, 0) is 0 Å². The predicted molar refractivity (Wildman–Crippen MR) is 57.0 cm³/mol. The van der Waals surface area contributed by atoms with Gasteiger partial charge >= 0.3 is 0 Å². The van der Waals surface area contributed by atoms with Crippen LogP contribution in [0.25, 0.3) is 11.0 Å². The Bertz CT molecular complexity index is 454. The van der Waals surface area contributed by atoms with Crippen LogP contribution in [0.4, 0.5) is 8.78 Å². The van der Waals surface area contributed by atoms with Crippen molar-refractivity contribution in [2.45, 2.75) is 24.3 Å². The number of aromatic amines is 1. The quantitative estimate of drug-likeness (QED) is 0.798. The van der Waals surface area contributed by atoms with Crippen molar-refractivity contribution in [3.8, 4) is 0 Å². The van der Waals surface area contributed by atoms with Crippen LogP contribution in [0.15, 0.2) is 17.3 Å². The number of fused-ring (bicyclic) bond motifs is 1. The van der Waals surface area contributed by atoms with Crippen molar-refractivity contribution in [2.75, 3.05) is 0 Å². The van der Waals surface area contributed by atoms with Gasteiger partial charge in [0.05, 0.1) is 11.0 Å². The first-order valence-corrected chi connectivity index (χ1v) is 5.45. The third-order valence-electron chi connectivity index (χ3n) is 1.85. The molecule has 1 heterocycles. The molecule has 0 atom stereocenters. The minimum Gasteiger partial charge on any atom is -0.333 e. The fourth-order valence-corrected chi connectivity index (χ4v) is 2.03. The molecular weight excluding hydrogens is 218 g/mol. The number of imidazole rings is 1. The second-order valence-electron chi connectivity index (χ2n) is 3.49. The van der Waals surface area contributed by atoms with E-state index in [1.54, 1.807) is 0 Å². The third-order valence-corrected chi connectivity index (χ3v) is 2.74. The number of H-pyrrole nitrogens is 1. The lowest BCUT2D eigenvalue weighted by molar-refractivity contribution is 0.510. The summed E-state index contributed by atoms with van der Waals surface area (Å²) in [6.07, 6.45) is 0. The molecule has 5 heteroatoms. The summed E-state index contributed by atoms with van der Waals surface area (Å²) >= 11 is 1.52. The van der Waals surface area contributed by atoms with Crippen molar-refractivity contribution in [3.63, 3.8) is 0 Å². The largest absolute Gasteiger partial charge is 0.333 e. The van der Waals surface area contributed by atoms with E-state index in [-0.39, 0.29) is 0 Å². The third kappa shape index (κ3) is 2.12. The molecule has 2 nitrogen and oxygen atoms in total. The Balaban J connectivity index is 2.47. The van der Waals surface area contributed by atoms with E-state index in [1.807, 2.05) is 13.8 Å². The lowest BCUT2D eigenvalue weighted by atomic mass is 10.3. The second-order valence-corrected chi connectivity index (χ2v) is 5.06. The van der Waals surface area contributed by atoms with E-state index in [9.17, 15) is 8.78 Å². The van der Waals surface area contributed by atoms with Crippen LogP contribution in [0.1, 0.15) is 13.8 Å². The van der Waals surface area contributed by atoms with E-state index in [2.05, 4.69) is 9.97 Å². The molecule has 0 radical (unpaired) electrons. The van der Waals surface area contributed by atoms with Gasteiger partial charge in [-0.25, -0.2) is 13.8 Å². The lowest BCUT2D eigenvalue weighted by Gasteiger charge is -1.97. The molecule has 1 aromatic carbocycles. The van der Waals surface area contributed by atoms with Gasteiger partial charge in [0.15, 0.2) is 16.8 Å². The van der Waals surface area contributed by atoms with E-state index >= 15 is 0 Å². The highest BCUT2D eigenvalue weighted by atomic mass is 32.2. The molecule has 0 aliphatic carbocycles. The first-order valence-electron chi connectivity index (χ1n) is 4.57. The smallest absolute Gasteiger partial charge is 0.166 e. The minimum atomic E-state index is -0.866. The first kappa shape index (κ1) is 10.4. The van der Waals surface area contributed by atoms with Crippen LogP contribution in [-0.4, -0.2) is 15.2 Å². The average molecular weight is 228 g/mol. The van der Waals surface area contributed by atoms with E-state index in [1.165, 1.54) is 11.8 Å². The molecule has 0 bridgehead atoms. The Morgan fingerprint density at radius 1 is 1.27 bits per heavy atom. The van der Waals surface area contributed by atoms with Gasteiger partial charge in [0.1, 0.15) is 0 Å². The number of hydrogen-bond acceptors (Lipinski definition) is 2. The highest BCUT2D eigenvalue weighted by molar-refractivity contribution is 7.99. The molecule has 0 unspecified atom stereocenters. The second kappa shape index (κ2) is 3.81. The molecule has 1 aromatic heterocycles. The molecule has 2 aromatic rings. The van der Waals surface area contributed by atoms with Gasteiger partial charge in [0, 0.05) is 17.4 Å². The standard InChI is InChI=1S/C10H10F2N2S/c1-5(2)15-10-13-8-3-6(11)7(12)4-9(8)14-10/h3-5H,1-2H3,(H,13,14). The molecule has 1 N–H and O–H groups in total. The monoisotopic (exact) mass is 228 g/mol. The first-order chi connectivity index (χ1) is 7.06. The van der Waals surface area contributed by atoms with Gasteiger partial charge in [0.25, 0.3) is 0 Å². The van der Waals surface area contributed by atoms with Crippen molar-refractivity contribution < 1.29 is 8.78 Å². The zero-order valence-electron chi connectivity index (χ0n) is 8.34. The van der Waals surface area contributed by atoms with E-state index in [0.29, 0.717) is 21.4 Å². The number of hydrogen-bond donors (Lipinski definition) is 1. The highest BCUT2D eigenvalue weighted by Gasteiger charge is 2.09. The number of thioether (sulfide) groups is 1. The van der Waals surface area contributed by atoms with Gasteiger partial charge in [-0.3, -0.25) is 0 Å². The maximum Gasteiger partial charge on any atom is 0.166 e. The molecule has 0 saturated heterocycles. The van der Waals surface area contributed by atoms with Crippen LogP contribution in [0.2, 0.25) is 0 Å². The van der Waals surface area contributed by atoms with Gasteiger partial charge in [-0.05, 0) is 0 Å². The molecule has 0 fully saturated rings. The van der Waals surface area contributed by atoms with Gasteiger partial charge < -0.3 is 4.98 Å². The van der Waals surface area contributed by atoms with Crippen molar-refractivity contribution in [3.05, 3.63) is 23.8 Å². The summed E-state index contributed by atoms with van der Waals surface area (Å²) < 4.78 is 25.8. The summed E-state index contributed by atoms with van der Waals surface area (Å²) in [5.74, 6) is -1.72. The summed E-state index contributed by atoms with van der Waals surface area (Å²) in [4.78, 5) is 7.10. The fraction of sp³-hybridized carbons (Fsp3) is 0.300. The summed E-state index contributed by atoms with van der Waals surface area (Å²) in [5, 5.41) is 1.06. The number of nitrogens with one attached hydrogen (secondary N) is 1. The SMILES string of the molecule is CC(C)Sc1nc2cc(F)c(F)cc2[nH]1. The maximum absolute atomic E-state index is 12.9. The molecule has 0 saturated carbocycles. The summed E-state index contributed by atoms with van der Waals surface area (Å²) in [5.41, 5.74) is 0.981. The zero-order valence-corrected chi connectivity index (χ0v) is 9.16. The van der Waals surface area contributed by atoms with Crippen LogP contribution >= 0.6 is 11.8 Å². The Labute approximate surface area is 90.1 Å². The Morgan fingerprint density at radius 3 is 2.60 bits per heavy atom. The van der Waals surface area contributed by atoms with E-state index in [4.69, 9.17) is 0 Å². The predicted octanol–water partition coefficient (Wildman–Crippen LogP) is 3.34. The van der Waals surface area contributed by atoms with Crippen molar-refractivity contribution in [2.24, 2.45) is 0 Å². The summed E-state index contributed by atoms with van der Waals surface area (Å²) in [6.45, 7) is 4.05. The molecule has 0 amide bonds. The van der Waals surface area contributed by atoms with Crippen molar-refractivity contribution >= 4 is 22.8 Å². The topological polar surface area (TPSA) is 28.7 Å². The number of halogens is 2. The molecular formula is C10H10F2N2S. The Hall–Kier alpha value is -1.10.